The number of carbonyl (C=O) groups excluding carboxylic acids is 1. The molecule has 2 aliphatic rings. The highest BCUT2D eigenvalue weighted by Crippen LogP contribution is 2.12. The van der Waals surface area contributed by atoms with E-state index < -0.39 is 15.4 Å². The molecule has 1 amide bonds. The summed E-state index contributed by atoms with van der Waals surface area (Å²) in [5.74, 6) is 1.08. The fourth-order valence-electron chi connectivity index (χ4n) is 3.21. The van der Waals surface area contributed by atoms with Crippen molar-refractivity contribution in [3.8, 4) is 0 Å². The lowest BCUT2D eigenvalue weighted by atomic mass is 10.2. The van der Waals surface area contributed by atoms with Crippen LogP contribution in [0.25, 0.3) is 0 Å². The van der Waals surface area contributed by atoms with Gasteiger partial charge in [-0.2, -0.15) is 0 Å². The predicted octanol–water partition coefficient (Wildman–Crippen LogP) is 0.281. The second kappa shape index (κ2) is 9.78. The summed E-state index contributed by atoms with van der Waals surface area (Å²) in [5.41, 5.74) is -0.475. The first-order chi connectivity index (χ1) is 13.1. The van der Waals surface area contributed by atoms with E-state index >= 15 is 0 Å². The van der Waals surface area contributed by atoms with E-state index in [-0.39, 0.29) is 23.6 Å². The summed E-state index contributed by atoms with van der Waals surface area (Å²) in [6.45, 7) is 12.6. The quantitative estimate of drug-likeness (QED) is 0.489. The van der Waals surface area contributed by atoms with Crippen molar-refractivity contribution in [3.05, 3.63) is 0 Å². The number of rotatable bonds is 5. The molecule has 2 rings (SSSR count). The molecule has 28 heavy (non-hydrogen) atoms. The predicted molar refractivity (Wildman–Crippen MR) is 110 cm³/mol. The van der Waals surface area contributed by atoms with E-state index in [9.17, 15) is 13.2 Å². The zero-order valence-electron chi connectivity index (χ0n) is 17.5. The highest BCUT2D eigenvalue weighted by molar-refractivity contribution is 7.91. The van der Waals surface area contributed by atoms with Crippen LogP contribution in [0.4, 0.5) is 4.79 Å². The number of hydrogen-bond acceptors (Lipinski definition) is 6. The van der Waals surface area contributed by atoms with Gasteiger partial charge in [0.25, 0.3) is 0 Å². The molecule has 1 atom stereocenters. The van der Waals surface area contributed by atoms with E-state index in [4.69, 9.17) is 4.74 Å². The molecule has 2 fully saturated rings. The van der Waals surface area contributed by atoms with Crippen molar-refractivity contribution in [2.75, 3.05) is 57.3 Å². The Morgan fingerprint density at radius 3 is 2.43 bits per heavy atom. The molecule has 0 saturated carbocycles. The Morgan fingerprint density at radius 1 is 1.21 bits per heavy atom. The minimum absolute atomic E-state index is 0.0693. The van der Waals surface area contributed by atoms with Gasteiger partial charge in [0.1, 0.15) is 5.60 Å². The maximum atomic E-state index is 12.1. The second-order valence-electron chi connectivity index (χ2n) is 8.31. The summed E-state index contributed by atoms with van der Waals surface area (Å²) in [7, 11) is -2.91. The summed E-state index contributed by atoms with van der Waals surface area (Å²) >= 11 is 0. The third kappa shape index (κ3) is 7.83. The number of guanidine groups is 1. The first kappa shape index (κ1) is 22.7. The third-order valence-corrected chi connectivity index (χ3v) is 6.40. The summed E-state index contributed by atoms with van der Waals surface area (Å²) < 4.78 is 28.6. The maximum Gasteiger partial charge on any atom is 0.410 e. The Kier molecular flexibility index (Phi) is 7.94. The molecule has 10 heteroatoms. The number of piperazine rings is 1. The largest absolute Gasteiger partial charge is 0.444 e. The van der Waals surface area contributed by atoms with Crippen LogP contribution < -0.4 is 10.6 Å². The molecule has 2 heterocycles. The number of ether oxygens (including phenoxy) is 1. The average Bonchev–Trinajstić information content (AvgIpc) is 2.92. The topological polar surface area (TPSA) is 103 Å². The van der Waals surface area contributed by atoms with Crippen LogP contribution in [0, 0.1) is 0 Å². The van der Waals surface area contributed by atoms with E-state index in [1.54, 1.807) is 4.90 Å². The number of sulfone groups is 1. The molecular weight excluding hydrogens is 382 g/mol. The van der Waals surface area contributed by atoms with Gasteiger partial charge in [0.2, 0.25) is 0 Å². The molecule has 2 N–H and O–H groups in total. The first-order valence-corrected chi connectivity index (χ1v) is 11.9. The highest BCUT2D eigenvalue weighted by Gasteiger charge is 2.28. The minimum Gasteiger partial charge on any atom is -0.444 e. The van der Waals surface area contributed by atoms with Gasteiger partial charge in [0.15, 0.2) is 15.8 Å². The van der Waals surface area contributed by atoms with Gasteiger partial charge >= 0.3 is 6.09 Å². The lowest BCUT2D eigenvalue weighted by molar-refractivity contribution is 0.0148. The van der Waals surface area contributed by atoms with Gasteiger partial charge in [-0.15, -0.1) is 0 Å². The summed E-state index contributed by atoms with van der Waals surface area (Å²) in [6.07, 6.45) is 0.370. The summed E-state index contributed by atoms with van der Waals surface area (Å²) in [5, 5.41) is 6.40. The van der Waals surface area contributed by atoms with Crippen molar-refractivity contribution in [2.24, 2.45) is 4.99 Å². The average molecular weight is 418 g/mol. The molecule has 0 aromatic rings. The monoisotopic (exact) mass is 417 g/mol. The van der Waals surface area contributed by atoms with Crippen LogP contribution in [0.3, 0.4) is 0 Å². The highest BCUT2D eigenvalue weighted by atomic mass is 32.2. The molecule has 0 radical (unpaired) electrons. The molecule has 0 bridgehead atoms. The lowest BCUT2D eigenvalue weighted by Gasteiger charge is -2.35. The Balaban J connectivity index is 1.74. The SMILES string of the molecule is CCNC(=NCCN1CCN(C(=O)OC(C)(C)C)CC1)NC1CCS(=O)(=O)C1. The molecule has 2 saturated heterocycles. The molecule has 1 unspecified atom stereocenters. The van der Waals surface area contributed by atoms with Gasteiger partial charge in [0, 0.05) is 45.3 Å². The number of nitrogens with zero attached hydrogens (tertiary/aromatic N) is 3. The maximum absolute atomic E-state index is 12.1. The van der Waals surface area contributed by atoms with Gasteiger partial charge in [-0.1, -0.05) is 0 Å². The Morgan fingerprint density at radius 2 is 1.89 bits per heavy atom. The van der Waals surface area contributed by atoms with Crippen LogP contribution in [0.15, 0.2) is 4.99 Å². The summed E-state index contributed by atoms with van der Waals surface area (Å²) in [4.78, 5) is 20.7. The molecular formula is C18H35N5O4S. The van der Waals surface area contributed by atoms with E-state index in [0.717, 1.165) is 26.2 Å². The van der Waals surface area contributed by atoms with Crippen molar-refractivity contribution in [1.29, 1.82) is 0 Å². The van der Waals surface area contributed by atoms with Crippen molar-refractivity contribution in [1.82, 2.24) is 20.4 Å². The van der Waals surface area contributed by atoms with Crippen LogP contribution >= 0.6 is 0 Å². The zero-order chi connectivity index (χ0) is 20.8. The van der Waals surface area contributed by atoms with E-state index in [0.29, 0.717) is 32.0 Å². The smallest absolute Gasteiger partial charge is 0.410 e. The van der Waals surface area contributed by atoms with Crippen LogP contribution in [0.2, 0.25) is 0 Å². The normalized spacial score (nSPS) is 23.5. The van der Waals surface area contributed by atoms with E-state index in [1.807, 2.05) is 27.7 Å². The molecule has 162 valence electrons. The van der Waals surface area contributed by atoms with Crippen LogP contribution in [-0.4, -0.2) is 99.2 Å². The third-order valence-electron chi connectivity index (χ3n) is 4.63. The van der Waals surface area contributed by atoms with Crippen LogP contribution in [0.5, 0.6) is 0 Å². The van der Waals surface area contributed by atoms with Gasteiger partial charge in [-0.05, 0) is 34.1 Å². The van der Waals surface area contributed by atoms with E-state index in [2.05, 4.69) is 20.5 Å². The minimum atomic E-state index is -2.91. The number of carbonyl (C=O) groups is 1. The Bertz CT molecular complexity index is 651. The molecule has 0 spiro atoms. The number of hydrogen-bond donors (Lipinski definition) is 2. The fraction of sp³-hybridized carbons (Fsp3) is 0.889. The number of aliphatic imine (C=N–C) groups is 1. The zero-order valence-corrected chi connectivity index (χ0v) is 18.3. The molecule has 9 nitrogen and oxygen atoms in total. The van der Waals surface area contributed by atoms with Gasteiger partial charge in [0.05, 0.1) is 18.1 Å². The fourth-order valence-corrected chi connectivity index (χ4v) is 4.88. The molecule has 0 aromatic heterocycles. The Hall–Kier alpha value is -1.55. The second-order valence-corrected chi connectivity index (χ2v) is 10.5. The molecule has 0 aliphatic carbocycles. The van der Waals surface area contributed by atoms with Crippen molar-refractivity contribution in [2.45, 2.75) is 45.8 Å². The first-order valence-electron chi connectivity index (χ1n) is 10.0. The molecule has 0 aromatic carbocycles. The Labute approximate surface area is 168 Å². The van der Waals surface area contributed by atoms with Gasteiger partial charge < -0.3 is 20.3 Å². The summed E-state index contributed by atoms with van der Waals surface area (Å²) in [6, 6.07) is -0.0693. The molecule has 2 aliphatic heterocycles. The van der Waals surface area contributed by atoms with Gasteiger partial charge in [-0.3, -0.25) is 9.89 Å². The number of nitrogens with one attached hydrogen (secondary N) is 2. The lowest BCUT2D eigenvalue weighted by Crippen LogP contribution is -2.50. The van der Waals surface area contributed by atoms with E-state index in [1.165, 1.54) is 0 Å². The van der Waals surface area contributed by atoms with Crippen LogP contribution in [0.1, 0.15) is 34.1 Å². The van der Waals surface area contributed by atoms with Crippen molar-refractivity contribution < 1.29 is 17.9 Å². The van der Waals surface area contributed by atoms with Crippen molar-refractivity contribution in [3.63, 3.8) is 0 Å². The van der Waals surface area contributed by atoms with Gasteiger partial charge in [-0.25, -0.2) is 13.2 Å². The number of amides is 1. The van der Waals surface area contributed by atoms with Crippen molar-refractivity contribution >= 4 is 21.9 Å². The standard InChI is InChI=1S/C18H35N5O4S/c1-5-19-16(21-15-6-13-28(25,26)14-15)20-7-8-22-9-11-23(12-10-22)17(24)27-18(2,3)4/h15H,5-14H2,1-4H3,(H2,19,20,21). The van der Waals surface area contributed by atoms with Crippen LogP contribution in [-0.2, 0) is 14.6 Å².